The van der Waals surface area contributed by atoms with Gasteiger partial charge in [-0.05, 0) is 38.5 Å². The molecule has 0 aromatic carbocycles. The highest BCUT2D eigenvalue weighted by Crippen LogP contribution is 2.64. The fraction of sp³-hybridized carbons (Fsp3) is 0.860. The molecule has 3 aliphatic heterocycles. The number of rotatable bonds is 40. The first-order chi connectivity index (χ1) is 44.9. The summed E-state index contributed by atoms with van der Waals surface area (Å²) < 4.78 is 69.4. The fourth-order valence-electron chi connectivity index (χ4n) is 10.3. The average Bonchev–Trinajstić information content (AvgIpc) is 0.886. The van der Waals surface area contributed by atoms with Gasteiger partial charge in [-0.1, -0.05) is 33.0 Å². The lowest BCUT2D eigenvalue weighted by molar-refractivity contribution is -0.272. The maximum absolute atomic E-state index is 13.9. The van der Waals surface area contributed by atoms with E-state index in [0.717, 1.165) is 0 Å². The molecule has 1 aliphatic carbocycles. The number of hydrogen-bond acceptors (Lipinski definition) is 28. The summed E-state index contributed by atoms with van der Waals surface area (Å²) in [6.45, 7) is 2.24. The minimum atomic E-state index is -3.34. The van der Waals surface area contributed by atoms with Crippen molar-refractivity contribution in [2.24, 2.45) is 5.92 Å². The van der Waals surface area contributed by atoms with E-state index in [-0.39, 0.29) is 98.4 Å². The van der Waals surface area contributed by atoms with E-state index >= 15 is 0 Å². The molecule has 4 fully saturated rings. The first kappa shape index (κ1) is 83.0. The molecule has 1 saturated carbocycles. The molecule has 548 valence electrons. The Labute approximate surface area is 555 Å². The molecule has 8 amide bonds. The van der Waals surface area contributed by atoms with Crippen molar-refractivity contribution in [3.63, 3.8) is 0 Å². The van der Waals surface area contributed by atoms with Gasteiger partial charge < -0.3 is 136 Å². The van der Waals surface area contributed by atoms with Gasteiger partial charge in [0.1, 0.15) is 85.1 Å². The molecule has 18 unspecified atom stereocenters. The van der Waals surface area contributed by atoms with Crippen molar-refractivity contribution >= 4 is 66.1 Å². The van der Waals surface area contributed by atoms with E-state index in [4.69, 9.17) is 47.2 Å². The lowest BCUT2D eigenvalue weighted by atomic mass is 9.86. The van der Waals surface area contributed by atoms with E-state index in [9.17, 15) is 88.9 Å². The fourth-order valence-corrected chi connectivity index (χ4v) is 11.7. The smallest absolute Gasteiger partial charge is 0.260 e. The molecule has 4 rings (SSSR count). The second-order valence-electron chi connectivity index (χ2n) is 24.2. The number of nitrogens with one attached hydrogen (secondary N) is 8. The molecule has 36 nitrogen and oxygen atoms in total. The number of aliphatic hydroxyl groups excluding tert-OH is 9. The quantitative estimate of drug-likeness (QED) is 0.0154. The molecule has 3 heterocycles. The molecule has 0 aromatic rings. The normalized spacial score (nSPS) is 29.9. The highest BCUT2D eigenvalue weighted by molar-refractivity contribution is 8.46. The van der Waals surface area contributed by atoms with Crippen molar-refractivity contribution in [1.29, 1.82) is 0 Å². The van der Waals surface area contributed by atoms with Crippen LogP contribution in [0.5, 0.6) is 0 Å². The van der Waals surface area contributed by atoms with Gasteiger partial charge in [0.15, 0.2) is 18.9 Å². The van der Waals surface area contributed by atoms with Gasteiger partial charge in [0.05, 0.1) is 85.4 Å². The number of amides is 8. The lowest BCUT2D eigenvalue weighted by Gasteiger charge is -2.42. The number of ether oxygens (including phenoxy) is 9. The predicted molar refractivity (Wildman–Crippen MR) is 331 cm³/mol. The monoisotopic (exact) mass is 1410 g/mol. The van der Waals surface area contributed by atoms with Crippen molar-refractivity contribution in [2.45, 2.75) is 208 Å². The SMILES string of the molecule is CC(=O)NC1C(OCCOCCNC(=O)CCC(NC(=O)CCC(NC(=O)C2CCC(OP(=O)(S)C(C)(C)C)CC2)C(=O)NCCOCCOC2OC(CO)C(O)C(O)C2NC(C)=O)C(=O)NCCOCCOC2OC(CO)C(O)C(O)C2NC(C)=O)OC(CO)C(O)C1O. The van der Waals surface area contributed by atoms with E-state index in [1.807, 2.05) is 0 Å². The number of thiol groups is 1. The van der Waals surface area contributed by atoms with Crippen LogP contribution in [0.25, 0.3) is 0 Å². The topological polar surface area (TPSA) is 524 Å². The van der Waals surface area contributed by atoms with Crippen molar-refractivity contribution in [1.82, 2.24) is 42.5 Å². The van der Waals surface area contributed by atoms with Crippen LogP contribution in [0.4, 0.5) is 0 Å². The molecular weight excluding hydrogens is 1310 g/mol. The standard InChI is InChI=1S/C57H101N8O28PS/c1-30(69)61-42-48(77)45(74)37(27-66)90-54(42)87-24-21-84-18-15-58-40(72)13-11-35(52(81)59-16-19-85-22-25-88-55-43(62-31(2)70)49(78)46(75)38(28-67)91-55)64-41(73)14-12-36(65-51(80)33-7-9-34(10-8-33)93-94(83,95)57(4,5)6)53(82)60-17-20-86-23-26-89-56-44(63-32(3)71)50(79)47(76)39(29-68)92-56/h33-39,42-50,54-56,66-68,74-79H,7-29H2,1-6H3,(H,58,72)(H,59,81)(H,60,82)(H,61,69)(H,62,70)(H,63,71)(H,64,73)(H,65,80)(H,83,95). The van der Waals surface area contributed by atoms with Gasteiger partial charge in [-0.2, -0.15) is 0 Å². The second kappa shape index (κ2) is 41.9. The minimum Gasteiger partial charge on any atom is -0.394 e. The van der Waals surface area contributed by atoms with Crippen molar-refractivity contribution in [2.75, 3.05) is 98.9 Å². The van der Waals surface area contributed by atoms with E-state index in [2.05, 4.69) is 54.8 Å². The zero-order chi connectivity index (χ0) is 70.6. The zero-order valence-electron chi connectivity index (χ0n) is 54.4. The molecule has 0 aromatic heterocycles. The second-order valence-corrected chi connectivity index (χ2v) is 28.4. The van der Waals surface area contributed by atoms with Crippen LogP contribution in [-0.4, -0.2) is 307 Å². The van der Waals surface area contributed by atoms with E-state index in [1.54, 1.807) is 20.8 Å². The van der Waals surface area contributed by atoms with Gasteiger partial charge in [-0.15, -0.1) is 0 Å². The van der Waals surface area contributed by atoms with Gasteiger partial charge in [0.2, 0.25) is 47.3 Å². The third-order valence-electron chi connectivity index (χ3n) is 15.7. The third kappa shape index (κ3) is 27.7. The van der Waals surface area contributed by atoms with Crippen molar-refractivity contribution in [3.8, 4) is 0 Å². The third-order valence-corrected chi connectivity index (χ3v) is 20.1. The summed E-state index contributed by atoms with van der Waals surface area (Å²) >= 11 is 4.32. The maximum Gasteiger partial charge on any atom is 0.260 e. The van der Waals surface area contributed by atoms with Crippen LogP contribution < -0.4 is 42.5 Å². The van der Waals surface area contributed by atoms with Crippen LogP contribution in [0.2, 0.25) is 0 Å². The van der Waals surface area contributed by atoms with Crippen molar-refractivity contribution < 1.29 is 136 Å². The first-order valence-corrected chi connectivity index (χ1v) is 34.4. The molecule has 4 aliphatic rings. The lowest BCUT2D eigenvalue weighted by Crippen LogP contribution is -2.64. The predicted octanol–water partition coefficient (Wildman–Crippen LogP) is -6.71. The minimum absolute atomic E-state index is 0.0255. The number of carbonyl (C=O) groups is 8. The molecule has 0 radical (unpaired) electrons. The largest absolute Gasteiger partial charge is 0.394 e. The van der Waals surface area contributed by atoms with Crippen LogP contribution in [0, 0.1) is 5.92 Å². The van der Waals surface area contributed by atoms with Gasteiger partial charge in [0, 0.05) is 64.3 Å². The van der Waals surface area contributed by atoms with Crippen LogP contribution in [-0.2, 0) is 90.1 Å². The van der Waals surface area contributed by atoms with E-state index in [1.165, 1.54) is 20.8 Å². The number of carbonyl (C=O) groups excluding carboxylic acids is 8. The maximum atomic E-state index is 13.9. The molecule has 95 heavy (non-hydrogen) atoms. The Morgan fingerprint density at radius 1 is 0.495 bits per heavy atom. The van der Waals surface area contributed by atoms with Gasteiger partial charge in [-0.3, -0.25) is 42.9 Å². The summed E-state index contributed by atoms with van der Waals surface area (Å²) in [5, 5.41) is 111. The van der Waals surface area contributed by atoms with Gasteiger partial charge in [0.25, 0.3) is 6.57 Å². The molecule has 18 atom stereocenters. The molecule has 0 bridgehead atoms. The van der Waals surface area contributed by atoms with Gasteiger partial charge >= 0.3 is 0 Å². The summed E-state index contributed by atoms with van der Waals surface area (Å²) in [5.74, 6) is -5.50. The average molecular weight is 1410 g/mol. The summed E-state index contributed by atoms with van der Waals surface area (Å²) in [6, 6.07) is -6.22. The van der Waals surface area contributed by atoms with Crippen LogP contribution in [0.3, 0.4) is 0 Å². The molecule has 38 heteroatoms. The Hall–Kier alpha value is -4.42. The Balaban J connectivity index is 1.37. The summed E-state index contributed by atoms with van der Waals surface area (Å²) in [6.07, 6.45) is -17.0. The Kier molecular flexibility index (Phi) is 36.6. The summed E-state index contributed by atoms with van der Waals surface area (Å²) in [7, 11) is 0. The van der Waals surface area contributed by atoms with Gasteiger partial charge in [-0.25, -0.2) is 0 Å². The van der Waals surface area contributed by atoms with Crippen molar-refractivity contribution in [3.05, 3.63) is 0 Å². The number of hydrogen-bond donors (Lipinski definition) is 18. The van der Waals surface area contributed by atoms with E-state index < -0.39 is 201 Å². The first-order valence-electron chi connectivity index (χ1n) is 31.6. The molecule has 17 N–H and O–H groups in total. The Morgan fingerprint density at radius 3 is 1.19 bits per heavy atom. The molecular formula is C57H101N8O28PS. The highest BCUT2D eigenvalue weighted by Gasteiger charge is 2.48. The molecule has 3 saturated heterocycles. The van der Waals surface area contributed by atoms with Crippen LogP contribution >= 0.6 is 18.8 Å². The van der Waals surface area contributed by atoms with Crippen LogP contribution in [0.1, 0.15) is 92.9 Å². The Morgan fingerprint density at radius 2 is 0.842 bits per heavy atom. The Bertz CT molecular complexity index is 2460. The summed E-state index contributed by atoms with van der Waals surface area (Å²) in [5.41, 5.74) is 0. The highest BCUT2D eigenvalue weighted by atomic mass is 32.7. The zero-order valence-corrected chi connectivity index (χ0v) is 56.2. The van der Waals surface area contributed by atoms with Crippen LogP contribution in [0.15, 0.2) is 0 Å². The summed E-state index contributed by atoms with van der Waals surface area (Å²) in [4.78, 5) is 104. The van der Waals surface area contributed by atoms with E-state index in [0.29, 0.717) is 25.7 Å². The number of aliphatic hydroxyl groups is 9. The molecule has 0 spiro atoms.